The highest BCUT2D eigenvalue weighted by Crippen LogP contribution is 2.48. The molecule has 0 radical (unpaired) electrons. The third kappa shape index (κ3) is 1.82. The van der Waals surface area contributed by atoms with Gasteiger partial charge in [0.2, 0.25) is 5.91 Å². The SMILES string of the molecule is NC(=S)C1(C(=O)N2CCCCC2CO)CC1. The summed E-state index contributed by atoms with van der Waals surface area (Å²) in [5, 5.41) is 9.28. The van der Waals surface area contributed by atoms with E-state index < -0.39 is 5.41 Å². The second-order valence-electron chi connectivity index (χ2n) is 4.78. The summed E-state index contributed by atoms with van der Waals surface area (Å²) in [7, 11) is 0. The van der Waals surface area contributed by atoms with Gasteiger partial charge in [0.1, 0.15) is 0 Å². The molecule has 1 heterocycles. The molecule has 1 aliphatic carbocycles. The van der Waals surface area contributed by atoms with Gasteiger partial charge in [0.05, 0.1) is 23.1 Å². The summed E-state index contributed by atoms with van der Waals surface area (Å²) < 4.78 is 0. The maximum absolute atomic E-state index is 12.3. The summed E-state index contributed by atoms with van der Waals surface area (Å²) in [4.78, 5) is 14.4. The molecule has 2 fully saturated rings. The summed E-state index contributed by atoms with van der Waals surface area (Å²) in [5.41, 5.74) is 5.08. The highest BCUT2D eigenvalue weighted by atomic mass is 32.1. The van der Waals surface area contributed by atoms with Gasteiger partial charge in [0.15, 0.2) is 0 Å². The molecule has 90 valence electrons. The van der Waals surface area contributed by atoms with Crippen LogP contribution in [0.5, 0.6) is 0 Å². The second kappa shape index (κ2) is 4.30. The molecule has 3 N–H and O–H groups in total. The summed E-state index contributed by atoms with van der Waals surface area (Å²) in [6, 6.07) is -0.0342. The molecule has 0 bridgehead atoms. The first-order chi connectivity index (χ1) is 7.62. The van der Waals surface area contributed by atoms with Gasteiger partial charge in [0.25, 0.3) is 0 Å². The average Bonchev–Trinajstić information content (AvgIpc) is 3.09. The van der Waals surface area contributed by atoms with Crippen LogP contribution in [-0.2, 0) is 4.79 Å². The summed E-state index contributed by atoms with van der Waals surface area (Å²) >= 11 is 4.98. The first-order valence-electron chi connectivity index (χ1n) is 5.83. The van der Waals surface area contributed by atoms with Crippen LogP contribution in [-0.4, -0.2) is 40.1 Å². The van der Waals surface area contributed by atoms with Crippen molar-refractivity contribution in [3.05, 3.63) is 0 Å². The Morgan fingerprint density at radius 3 is 2.69 bits per heavy atom. The molecule has 1 aliphatic heterocycles. The summed E-state index contributed by atoms with van der Waals surface area (Å²) in [5.74, 6) is 0.0405. The Morgan fingerprint density at radius 2 is 2.19 bits per heavy atom. The van der Waals surface area contributed by atoms with Crippen molar-refractivity contribution in [3.63, 3.8) is 0 Å². The zero-order valence-electron chi connectivity index (χ0n) is 9.32. The van der Waals surface area contributed by atoms with Gasteiger partial charge < -0.3 is 15.7 Å². The Bertz CT molecular complexity index is 315. The van der Waals surface area contributed by atoms with Gasteiger partial charge in [-0.15, -0.1) is 0 Å². The Balaban J connectivity index is 2.11. The second-order valence-corrected chi connectivity index (χ2v) is 5.22. The molecule has 4 nitrogen and oxygen atoms in total. The lowest BCUT2D eigenvalue weighted by atomic mass is 9.98. The number of thiocarbonyl (C=S) groups is 1. The number of carbonyl (C=O) groups is 1. The molecule has 1 saturated carbocycles. The number of amides is 1. The van der Waals surface area contributed by atoms with Gasteiger partial charge in [-0.1, -0.05) is 12.2 Å². The minimum Gasteiger partial charge on any atom is -0.394 e. The largest absolute Gasteiger partial charge is 0.394 e. The van der Waals surface area contributed by atoms with Gasteiger partial charge in [-0.25, -0.2) is 0 Å². The average molecular weight is 242 g/mol. The zero-order valence-corrected chi connectivity index (χ0v) is 10.1. The van der Waals surface area contributed by atoms with Crippen molar-refractivity contribution < 1.29 is 9.90 Å². The van der Waals surface area contributed by atoms with E-state index in [1.807, 2.05) is 0 Å². The van der Waals surface area contributed by atoms with E-state index in [-0.39, 0.29) is 18.6 Å². The van der Waals surface area contributed by atoms with E-state index in [0.29, 0.717) is 4.99 Å². The molecule has 1 atom stereocenters. The molecule has 0 aromatic rings. The molecule has 1 unspecified atom stereocenters. The molecule has 0 aromatic carbocycles. The van der Waals surface area contributed by atoms with E-state index in [2.05, 4.69) is 0 Å². The lowest BCUT2D eigenvalue weighted by molar-refractivity contribution is -0.139. The molecular weight excluding hydrogens is 224 g/mol. The van der Waals surface area contributed by atoms with Crippen molar-refractivity contribution in [2.45, 2.75) is 38.1 Å². The standard InChI is InChI=1S/C11H18N2O2S/c12-9(16)11(4-5-11)10(15)13-6-2-1-3-8(13)7-14/h8,14H,1-7H2,(H2,12,16). The number of aliphatic hydroxyl groups is 1. The molecule has 2 rings (SSSR count). The Labute approximate surface area is 101 Å². The van der Waals surface area contributed by atoms with Crippen LogP contribution in [0.2, 0.25) is 0 Å². The number of carbonyl (C=O) groups excluding carboxylic acids is 1. The molecule has 2 aliphatic rings. The van der Waals surface area contributed by atoms with Gasteiger partial charge in [-0.3, -0.25) is 4.79 Å². The van der Waals surface area contributed by atoms with Crippen molar-refractivity contribution >= 4 is 23.1 Å². The smallest absolute Gasteiger partial charge is 0.235 e. The van der Waals surface area contributed by atoms with E-state index in [4.69, 9.17) is 18.0 Å². The molecular formula is C11H18N2O2S. The molecule has 1 amide bonds. The first-order valence-corrected chi connectivity index (χ1v) is 6.24. The third-order valence-corrected chi connectivity index (χ3v) is 4.12. The van der Waals surface area contributed by atoms with Crippen LogP contribution < -0.4 is 5.73 Å². The van der Waals surface area contributed by atoms with Crippen molar-refractivity contribution in [2.75, 3.05) is 13.2 Å². The fourth-order valence-corrected chi connectivity index (χ4v) is 2.71. The van der Waals surface area contributed by atoms with Gasteiger partial charge >= 0.3 is 0 Å². The van der Waals surface area contributed by atoms with E-state index in [0.717, 1.165) is 38.6 Å². The number of piperidine rings is 1. The van der Waals surface area contributed by atoms with Crippen molar-refractivity contribution in [3.8, 4) is 0 Å². The normalized spacial score (nSPS) is 27.6. The number of hydrogen-bond acceptors (Lipinski definition) is 3. The number of likely N-dealkylation sites (tertiary alicyclic amines) is 1. The number of aliphatic hydroxyl groups excluding tert-OH is 1. The number of nitrogens with zero attached hydrogens (tertiary/aromatic N) is 1. The molecule has 5 heteroatoms. The van der Waals surface area contributed by atoms with E-state index in [1.165, 1.54) is 0 Å². The third-order valence-electron chi connectivity index (χ3n) is 3.73. The van der Waals surface area contributed by atoms with Crippen molar-refractivity contribution in [2.24, 2.45) is 11.1 Å². The van der Waals surface area contributed by atoms with E-state index in [9.17, 15) is 9.90 Å². The van der Waals surface area contributed by atoms with Crippen molar-refractivity contribution in [1.82, 2.24) is 4.90 Å². The summed E-state index contributed by atoms with van der Waals surface area (Å²) in [6.45, 7) is 0.771. The van der Waals surface area contributed by atoms with E-state index in [1.54, 1.807) is 4.90 Å². The lowest BCUT2D eigenvalue weighted by Gasteiger charge is -2.36. The molecule has 0 aromatic heterocycles. The number of rotatable bonds is 3. The maximum Gasteiger partial charge on any atom is 0.235 e. The molecule has 1 saturated heterocycles. The van der Waals surface area contributed by atoms with Crippen LogP contribution in [0, 0.1) is 5.41 Å². The summed E-state index contributed by atoms with van der Waals surface area (Å²) in [6.07, 6.45) is 4.52. The fraction of sp³-hybridized carbons (Fsp3) is 0.818. The van der Waals surface area contributed by atoms with Gasteiger partial charge in [-0.05, 0) is 32.1 Å². The topological polar surface area (TPSA) is 66.6 Å². The lowest BCUT2D eigenvalue weighted by Crippen LogP contribution is -2.51. The minimum absolute atomic E-state index is 0.0342. The fourth-order valence-electron chi connectivity index (χ4n) is 2.42. The predicted molar refractivity (Wildman–Crippen MR) is 64.9 cm³/mol. The maximum atomic E-state index is 12.3. The monoisotopic (exact) mass is 242 g/mol. The molecule has 0 spiro atoms. The predicted octanol–water partition coefficient (Wildman–Crippen LogP) is 0.426. The number of hydrogen-bond donors (Lipinski definition) is 2. The Morgan fingerprint density at radius 1 is 1.50 bits per heavy atom. The quantitative estimate of drug-likeness (QED) is 0.704. The van der Waals surface area contributed by atoms with Gasteiger partial charge in [0, 0.05) is 6.54 Å². The van der Waals surface area contributed by atoms with Crippen LogP contribution in [0.15, 0.2) is 0 Å². The van der Waals surface area contributed by atoms with Crippen LogP contribution in [0.3, 0.4) is 0 Å². The Hall–Kier alpha value is -0.680. The number of nitrogens with two attached hydrogens (primary N) is 1. The molecule has 16 heavy (non-hydrogen) atoms. The first kappa shape index (κ1) is 11.8. The van der Waals surface area contributed by atoms with Crippen LogP contribution >= 0.6 is 12.2 Å². The van der Waals surface area contributed by atoms with Crippen molar-refractivity contribution in [1.29, 1.82) is 0 Å². The minimum atomic E-state index is -0.569. The Kier molecular flexibility index (Phi) is 3.17. The van der Waals surface area contributed by atoms with Crippen LogP contribution in [0.1, 0.15) is 32.1 Å². The highest BCUT2D eigenvalue weighted by molar-refractivity contribution is 7.80. The zero-order chi connectivity index (χ0) is 11.8. The van der Waals surface area contributed by atoms with Crippen LogP contribution in [0.25, 0.3) is 0 Å². The van der Waals surface area contributed by atoms with E-state index >= 15 is 0 Å². The van der Waals surface area contributed by atoms with Crippen LogP contribution in [0.4, 0.5) is 0 Å². The highest BCUT2D eigenvalue weighted by Gasteiger charge is 2.55. The van der Waals surface area contributed by atoms with Gasteiger partial charge in [-0.2, -0.15) is 0 Å².